The zero-order chi connectivity index (χ0) is 16.1. The molecular formula is C18H24N3O2+. The minimum atomic E-state index is -0.177. The van der Waals surface area contributed by atoms with E-state index >= 15 is 0 Å². The summed E-state index contributed by atoms with van der Waals surface area (Å²) >= 11 is 0. The van der Waals surface area contributed by atoms with E-state index in [1.54, 1.807) is 6.26 Å². The van der Waals surface area contributed by atoms with Crippen molar-refractivity contribution in [2.45, 2.75) is 25.8 Å². The number of quaternary nitrogens is 1. The standard InChI is InChI=1S/C18H23N3O2/c1-14-6-8-15(9-7-14)20-18(22)19-13-16(17-5-4-12-23-17)21-10-2-3-11-21/h4-9,12,16H,2-3,10-11,13H2,1H3,(H2,19,20,22)/p+1/t16-/m1/s1. The highest BCUT2D eigenvalue weighted by Gasteiger charge is 2.29. The van der Waals surface area contributed by atoms with Crippen LogP contribution in [0.3, 0.4) is 0 Å². The molecule has 2 heterocycles. The number of benzene rings is 1. The van der Waals surface area contributed by atoms with E-state index in [0.29, 0.717) is 6.54 Å². The maximum atomic E-state index is 12.1. The summed E-state index contributed by atoms with van der Waals surface area (Å²) in [6.45, 7) is 4.86. The van der Waals surface area contributed by atoms with Gasteiger partial charge in [0.15, 0.2) is 11.8 Å². The normalized spacial score (nSPS) is 16.2. The molecule has 1 aromatic heterocycles. The van der Waals surface area contributed by atoms with Crippen LogP contribution in [0.5, 0.6) is 0 Å². The lowest BCUT2D eigenvalue weighted by Crippen LogP contribution is -3.11. The third-order valence-corrected chi connectivity index (χ3v) is 4.40. The first kappa shape index (κ1) is 15.6. The summed E-state index contributed by atoms with van der Waals surface area (Å²) in [5.41, 5.74) is 1.97. The summed E-state index contributed by atoms with van der Waals surface area (Å²) in [5, 5.41) is 5.85. The van der Waals surface area contributed by atoms with E-state index in [1.165, 1.54) is 23.3 Å². The lowest BCUT2D eigenvalue weighted by molar-refractivity contribution is -0.919. The second kappa shape index (κ2) is 7.33. The molecule has 0 spiro atoms. The first-order valence-electron chi connectivity index (χ1n) is 8.22. The first-order chi connectivity index (χ1) is 11.2. The molecule has 5 nitrogen and oxygen atoms in total. The van der Waals surface area contributed by atoms with Crippen molar-refractivity contribution in [3.05, 3.63) is 54.0 Å². The molecular weight excluding hydrogens is 290 g/mol. The van der Waals surface area contributed by atoms with Gasteiger partial charge < -0.3 is 20.0 Å². The molecule has 2 amide bonds. The van der Waals surface area contributed by atoms with Crippen LogP contribution >= 0.6 is 0 Å². The zero-order valence-electron chi connectivity index (χ0n) is 13.5. The van der Waals surface area contributed by atoms with E-state index in [1.807, 2.05) is 43.3 Å². The molecule has 1 saturated heterocycles. The van der Waals surface area contributed by atoms with E-state index in [4.69, 9.17) is 4.42 Å². The molecule has 1 aliphatic heterocycles. The Morgan fingerprint density at radius 2 is 1.96 bits per heavy atom. The van der Waals surface area contributed by atoms with Gasteiger partial charge in [0.1, 0.15) is 0 Å². The van der Waals surface area contributed by atoms with Crippen molar-refractivity contribution in [2.24, 2.45) is 0 Å². The third kappa shape index (κ3) is 4.13. The van der Waals surface area contributed by atoms with E-state index in [2.05, 4.69) is 10.6 Å². The van der Waals surface area contributed by atoms with E-state index in [9.17, 15) is 4.79 Å². The maximum Gasteiger partial charge on any atom is 0.319 e. The van der Waals surface area contributed by atoms with Crippen molar-refractivity contribution in [1.29, 1.82) is 0 Å². The fraction of sp³-hybridized carbons (Fsp3) is 0.389. The summed E-state index contributed by atoms with van der Waals surface area (Å²) in [6.07, 6.45) is 4.18. The summed E-state index contributed by atoms with van der Waals surface area (Å²) in [6, 6.07) is 11.7. The lowest BCUT2D eigenvalue weighted by Gasteiger charge is -2.23. The second-order valence-corrected chi connectivity index (χ2v) is 6.13. The van der Waals surface area contributed by atoms with Gasteiger partial charge in [-0.15, -0.1) is 0 Å². The van der Waals surface area contributed by atoms with Crippen LogP contribution in [0.1, 0.15) is 30.2 Å². The second-order valence-electron chi connectivity index (χ2n) is 6.13. The van der Waals surface area contributed by atoms with E-state index < -0.39 is 0 Å². The highest BCUT2D eigenvalue weighted by Crippen LogP contribution is 2.12. The number of carbonyl (C=O) groups is 1. The lowest BCUT2D eigenvalue weighted by atomic mass is 10.2. The van der Waals surface area contributed by atoms with Gasteiger partial charge in [-0.1, -0.05) is 17.7 Å². The Bertz CT molecular complexity index is 616. The number of likely N-dealkylation sites (tertiary alicyclic amines) is 1. The number of hydrogen-bond acceptors (Lipinski definition) is 2. The molecule has 3 N–H and O–H groups in total. The molecule has 1 aliphatic rings. The van der Waals surface area contributed by atoms with Crippen LogP contribution in [-0.2, 0) is 0 Å². The molecule has 0 bridgehead atoms. The molecule has 2 aromatic rings. The number of amides is 2. The average molecular weight is 314 g/mol. The van der Waals surface area contributed by atoms with Crippen LogP contribution in [0.4, 0.5) is 10.5 Å². The molecule has 0 saturated carbocycles. The minimum Gasteiger partial charge on any atom is -0.463 e. The average Bonchev–Trinajstić information content (AvgIpc) is 3.24. The quantitative estimate of drug-likeness (QED) is 0.792. The largest absolute Gasteiger partial charge is 0.463 e. The van der Waals surface area contributed by atoms with Gasteiger partial charge >= 0.3 is 6.03 Å². The Kier molecular flexibility index (Phi) is 4.98. The number of aryl methyl sites for hydroxylation is 1. The minimum absolute atomic E-state index is 0.177. The van der Waals surface area contributed by atoms with Crippen molar-refractivity contribution in [1.82, 2.24) is 5.32 Å². The zero-order valence-corrected chi connectivity index (χ0v) is 13.5. The molecule has 0 radical (unpaired) electrons. The molecule has 3 rings (SSSR count). The molecule has 1 aromatic carbocycles. The SMILES string of the molecule is Cc1ccc(NC(=O)NC[C@H](c2ccco2)[NH+]2CCCC2)cc1. The summed E-state index contributed by atoms with van der Waals surface area (Å²) < 4.78 is 5.58. The fourth-order valence-corrected chi connectivity index (χ4v) is 3.12. The van der Waals surface area contributed by atoms with E-state index in [0.717, 1.165) is 24.5 Å². The highest BCUT2D eigenvalue weighted by atomic mass is 16.3. The molecule has 1 fully saturated rings. The molecule has 0 aliphatic carbocycles. The Morgan fingerprint density at radius 3 is 2.61 bits per heavy atom. The van der Waals surface area contributed by atoms with Crippen LogP contribution in [-0.4, -0.2) is 25.7 Å². The van der Waals surface area contributed by atoms with Gasteiger partial charge in [-0.05, 0) is 31.2 Å². The molecule has 5 heteroatoms. The van der Waals surface area contributed by atoms with Crippen LogP contribution in [0.2, 0.25) is 0 Å². The van der Waals surface area contributed by atoms with Crippen LogP contribution in [0.25, 0.3) is 0 Å². The molecule has 0 unspecified atom stereocenters. The van der Waals surface area contributed by atoms with Gasteiger partial charge in [0.05, 0.1) is 25.9 Å². The van der Waals surface area contributed by atoms with Gasteiger partial charge in [-0.3, -0.25) is 0 Å². The Morgan fingerprint density at radius 1 is 1.22 bits per heavy atom. The Hall–Kier alpha value is -2.27. The smallest absolute Gasteiger partial charge is 0.319 e. The highest BCUT2D eigenvalue weighted by molar-refractivity contribution is 5.89. The number of rotatable bonds is 5. The van der Waals surface area contributed by atoms with Gasteiger partial charge in [0.25, 0.3) is 0 Å². The number of carbonyl (C=O) groups excluding carboxylic acids is 1. The summed E-state index contributed by atoms with van der Waals surface area (Å²) in [5.74, 6) is 0.942. The molecule has 23 heavy (non-hydrogen) atoms. The predicted octanol–water partition coefficient (Wildman–Crippen LogP) is 2.13. The van der Waals surface area contributed by atoms with Crippen LogP contribution < -0.4 is 15.5 Å². The summed E-state index contributed by atoms with van der Waals surface area (Å²) in [4.78, 5) is 13.6. The van der Waals surface area contributed by atoms with Crippen molar-refractivity contribution < 1.29 is 14.1 Å². The third-order valence-electron chi connectivity index (χ3n) is 4.40. The van der Waals surface area contributed by atoms with Gasteiger partial charge in [-0.25, -0.2) is 4.79 Å². The number of furan rings is 1. The van der Waals surface area contributed by atoms with Crippen molar-refractivity contribution in [3.63, 3.8) is 0 Å². The predicted molar refractivity (Wildman–Crippen MR) is 89.6 cm³/mol. The molecule has 1 atom stereocenters. The monoisotopic (exact) mass is 314 g/mol. The number of hydrogen-bond donors (Lipinski definition) is 3. The topological polar surface area (TPSA) is 58.7 Å². The van der Waals surface area contributed by atoms with Crippen LogP contribution in [0.15, 0.2) is 47.1 Å². The van der Waals surface area contributed by atoms with Crippen molar-refractivity contribution in [3.8, 4) is 0 Å². The van der Waals surface area contributed by atoms with Crippen molar-refractivity contribution >= 4 is 11.7 Å². The Balaban J connectivity index is 1.57. The number of nitrogens with one attached hydrogen (secondary N) is 3. The van der Waals surface area contributed by atoms with Crippen molar-refractivity contribution in [2.75, 3.05) is 25.0 Å². The number of anilines is 1. The molecule has 122 valence electrons. The van der Waals surface area contributed by atoms with E-state index in [-0.39, 0.29) is 12.1 Å². The fourth-order valence-electron chi connectivity index (χ4n) is 3.12. The number of urea groups is 1. The first-order valence-corrected chi connectivity index (χ1v) is 8.22. The maximum absolute atomic E-state index is 12.1. The van der Waals surface area contributed by atoms with Crippen LogP contribution in [0, 0.1) is 6.92 Å². The van der Waals surface area contributed by atoms with Gasteiger partial charge in [-0.2, -0.15) is 0 Å². The van der Waals surface area contributed by atoms with Gasteiger partial charge in [0, 0.05) is 18.5 Å². The Labute approximate surface area is 136 Å². The van der Waals surface area contributed by atoms with Gasteiger partial charge in [0.2, 0.25) is 0 Å². The summed E-state index contributed by atoms with van der Waals surface area (Å²) in [7, 11) is 0.